The number of hydrogen-bond acceptors (Lipinski definition) is 0. The predicted octanol–water partition coefficient (Wildman–Crippen LogP) is 7.45. The minimum Gasteiger partial charge on any atom is -0.168 e. The van der Waals surface area contributed by atoms with Crippen molar-refractivity contribution >= 4 is 53.2 Å². The quantitative estimate of drug-likeness (QED) is 0.149. The number of fused-ring (bicyclic) bond motifs is 2. The zero-order valence-electron chi connectivity index (χ0n) is 16.0. The van der Waals surface area contributed by atoms with Crippen LogP contribution in [0.5, 0.6) is 0 Å². The Bertz CT molecular complexity index is 912. The van der Waals surface area contributed by atoms with Crippen LogP contribution in [0.3, 0.4) is 0 Å². The molecule has 148 valence electrons. The Hall–Kier alpha value is -1.57. The average Bonchev–Trinajstić information content (AvgIpc) is 3.40. The Balaban J connectivity index is 0.000000379. The summed E-state index contributed by atoms with van der Waals surface area (Å²) in [4.78, 5) is 0. The fourth-order valence-electron chi connectivity index (χ4n) is 2.62. The molecule has 0 heterocycles. The molecule has 0 atom stereocenters. The molecule has 0 aliphatic rings. The Morgan fingerprint density at radius 3 is 1.28 bits per heavy atom. The number of hydrogen-bond donors (Lipinski definition) is 0. The molecule has 0 unspecified atom stereocenters. The standard InChI is InChI=1S/2C9H7.C7H7.2ClH.Si.Zr/c2*1-2-5-9-7-3-6-8(9)4-1;1-7-5-3-2-4-6-7;;;;/h2*1-7H;2-6H,1H2;2*1H;;/q3*-1;;;;. The van der Waals surface area contributed by atoms with E-state index in [-0.39, 0.29) is 24.8 Å². The first kappa shape index (κ1) is 27.4. The van der Waals surface area contributed by atoms with Gasteiger partial charge in [-0.3, -0.25) is 0 Å². The van der Waals surface area contributed by atoms with E-state index in [2.05, 4.69) is 98.7 Å². The fraction of sp³-hybridized carbons (Fsp3) is 0. The van der Waals surface area contributed by atoms with Crippen LogP contribution in [0, 0.1) is 6.92 Å². The van der Waals surface area contributed by atoms with Crippen LogP contribution in [-0.4, -0.2) is 6.88 Å². The first-order chi connectivity index (χ1) is 13.3. The molecule has 5 rings (SSSR count). The Kier molecular flexibility index (Phi) is 15.4. The molecule has 0 saturated carbocycles. The van der Waals surface area contributed by atoms with Gasteiger partial charge >= 0.3 is 30.2 Å². The van der Waals surface area contributed by atoms with Gasteiger partial charge in [0.1, 0.15) is 0 Å². The molecule has 0 nitrogen and oxygen atoms in total. The van der Waals surface area contributed by atoms with Crippen molar-refractivity contribution in [1.82, 2.24) is 0 Å². The first-order valence-corrected chi connectivity index (χ1v) is 12.8. The summed E-state index contributed by atoms with van der Waals surface area (Å²) >= 11 is 1.36. The normalized spacial score (nSPS) is 8.52. The van der Waals surface area contributed by atoms with Crippen LogP contribution in [0.4, 0.5) is 0 Å². The maximum Gasteiger partial charge on any atom is -0.0809 e. The molecule has 0 saturated heterocycles. The van der Waals surface area contributed by atoms with E-state index in [4.69, 9.17) is 0 Å². The summed E-state index contributed by atoms with van der Waals surface area (Å²) in [5.74, 6) is 0. The van der Waals surface area contributed by atoms with E-state index in [1.807, 2.05) is 30.3 Å². The second-order valence-corrected chi connectivity index (χ2v) is 5.79. The third-order valence-electron chi connectivity index (χ3n) is 3.94. The van der Waals surface area contributed by atoms with E-state index >= 15 is 0 Å². The molecular weight excluding hydrogens is 490 g/mol. The van der Waals surface area contributed by atoms with Gasteiger partial charge in [-0.05, 0) is 0 Å². The van der Waals surface area contributed by atoms with Gasteiger partial charge in [-0.25, -0.2) is 0 Å². The summed E-state index contributed by atoms with van der Waals surface area (Å²) in [5, 5.41) is 5.32. The predicted molar refractivity (Wildman–Crippen MR) is 130 cm³/mol. The van der Waals surface area contributed by atoms with E-state index in [1.165, 1.54) is 44.9 Å². The second kappa shape index (κ2) is 16.3. The fourth-order valence-corrected chi connectivity index (χ4v) is 2.62. The second-order valence-electron chi connectivity index (χ2n) is 5.79. The van der Waals surface area contributed by atoms with Crippen LogP contribution in [0.2, 0.25) is 0 Å². The molecule has 5 aromatic carbocycles. The van der Waals surface area contributed by atoms with Crippen LogP contribution < -0.4 is 0 Å². The minimum absolute atomic E-state index is 0. The molecule has 0 amide bonds. The summed E-state index contributed by atoms with van der Waals surface area (Å²) in [6, 6.07) is 39.2. The van der Waals surface area contributed by atoms with Crippen LogP contribution in [0.1, 0.15) is 5.56 Å². The van der Waals surface area contributed by atoms with Crippen molar-refractivity contribution in [2.24, 2.45) is 0 Å². The van der Waals surface area contributed by atoms with Crippen molar-refractivity contribution in [3.05, 3.63) is 128 Å². The number of benzene rings is 3. The van der Waals surface area contributed by atoms with Crippen molar-refractivity contribution in [3.63, 3.8) is 0 Å². The molecule has 2 radical (unpaired) electrons. The summed E-state index contributed by atoms with van der Waals surface area (Å²) in [7, 11) is 0. The van der Waals surface area contributed by atoms with E-state index in [1.54, 1.807) is 0 Å². The van der Waals surface area contributed by atoms with Gasteiger partial charge in [0.15, 0.2) is 0 Å². The van der Waals surface area contributed by atoms with Gasteiger partial charge < -0.3 is 0 Å². The van der Waals surface area contributed by atoms with Crippen molar-refractivity contribution < 1.29 is 23.3 Å². The maximum absolute atomic E-state index is 3.72. The van der Waals surface area contributed by atoms with E-state index in [9.17, 15) is 0 Å². The molecule has 4 heteroatoms. The van der Waals surface area contributed by atoms with Crippen LogP contribution in [-0.2, 0) is 23.3 Å². The van der Waals surface area contributed by atoms with Crippen molar-refractivity contribution in [2.75, 3.05) is 0 Å². The third-order valence-corrected chi connectivity index (χ3v) is 3.94. The number of halogens is 2. The zero-order valence-corrected chi connectivity index (χ0v) is 21.1. The van der Waals surface area contributed by atoms with Crippen molar-refractivity contribution in [2.45, 2.75) is 0 Å². The Morgan fingerprint density at radius 2 is 0.931 bits per heavy atom. The molecule has 0 aromatic heterocycles. The van der Waals surface area contributed by atoms with Gasteiger partial charge in [0.05, 0.1) is 0 Å². The monoisotopic (exact) mass is 511 g/mol. The summed E-state index contributed by atoms with van der Waals surface area (Å²) < 4.78 is 0. The molecule has 0 N–H and O–H groups in total. The smallest absolute Gasteiger partial charge is 0.0809 e. The van der Waals surface area contributed by atoms with Crippen LogP contribution in [0.25, 0.3) is 21.5 Å². The summed E-state index contributed by atoms with van der Waals surface area (Å²) in [5.41, 5.74) is 1.07. The molecule has 0 aliphatic heterocycles. The number of rotatable bonds is 0. The van der Waals surface area contributed by atoms with E-state index < -0.39 is 0 Å². The van der Waals surface area contributed by atoms with Gasteiger partial charge in [0, 0.05) is 0 Å². The van der Waals surface area contributed by atoms with Gasteiger partial charge in [-0.2, -0.15) is 59.7 Å². The SMILES string of the molecule is Cl.Cl.[CH2-]c1ccccc1.[Si]=[Zr].c1ccc2[cH-]ccc2c1.c1ccc2[cH-]ccc2c1. The van der Waals surface area contributed by atoms with Gasteiger partial charge in [0.25, 0.3) is 0 Å². The van der Waals surface area contributed by atoms with Crippen molar-refractivity contribution in [3.8, 4) is 0 Å². The van der Waals surface area contributed by atoms with Crippen molar-refractivity contribution in [1.29, 1.82) is 0 Å². The Labute approximate surface area is 203 Å². The largest absolute Gasteiger partial charge is 0.168 e. The summed E-state index contributed by atoms with van der Waals surface area (Å²) in [6.45, 7) is 6.78. The van der Waals surface area contributed by atoms with Crippen LogP contribution in [0.15, 0.2) is 115 Å². The van der Waals surface area contributed by atoms with E-state index in [0.717, 1.165) is 5.56 Å². The maximum atomic E-state index is 3.72. The molecule has 0 fully saturated rings. The first-order valence-electron chi connectivity index (χ1n) is 8.66. The molecule has 5 aromatic rings. The molecular formula is C25H23Cl2SiZr-3. The van der Waals surface area contributed by atoms with Gasteiger partial charge in [0.2, 0.25) is 0 Å². The topological polar surface area (TPSA) is 0 Å². The molecule has 0 aliphatic carbocycles. The molecule has 29 heavy (non-hydrogen) atoms. The van der Waals surface area contributed by atoms with E-state index in [0.29, 0.717) is 0 Å². The van der Waals surface area contributed by atoms with Crippen LogP contribution >= 0.6 is 24.8 Å². The average molecular weight is 514 g/mol. The van der Waals surface area contributed by atoms with Gasteiger partial charge in [-0.1, -0.05) is 18.2 Å². The minimum atomic E-state index is 0. The Morgan fingerprint density at radius 1 is 0.552 bits per heavy atom. The van der Waals surface area contributed by atoms with Gasteiger partial charge in [-0.15, -0.1) is 96.3 Å². The molecule has 0 spiro atoms. The molecule has 0 bridgehead atoms. The third kappa shape index (κ3) is 9.65. The summed E-state index contributed by atoms with van der Waals surface area (Å²) in [6.07, 6.45) is 0. The zero-order chi connectivity index (χ0) is 19.3.